The van der Waals surface area contributed by atoms with E-state index in [2.05, 4.69) is 16.9 Å². The Morgan fingerprint density at radius 2 is 2.28 bits per heavy atom. The second-order valence-electron chi connectivity index (χ2n) is 4.13. The molecule has 3 nitrogen and oxygen atoms in total. The molecule has 0 spiro atoms. The Morgan fingerprint density at radius 1 is 1.61 bits per heavy atom. The fourth-order valence-electron chi connectivity index (χ4n) is 1.40. The van der Waals surface area contributed by atoms with Gasteiger partial charge in [0.05, 0.1) is 16.0 Å². The second kappa shape index (κ2) is 6.81. The van der Waals surface area contributed by atoms with Crippen LogP contribution < -0.4 is 5.32 Å². The van der Waals surface area contributed by atoms with E-state index in [1.165, 1.54) is 11.8 Å². The normalized spacial score (nSPS) is 21.3. The highest BCUT2D eigenvalue weighted by atomic mass is 35.5. The lowest BCUT2D eigenvalue weighted by Gasteiger charge is -2.11. The molecule has 1 N–H and O–H groups in total. The molecule has 1 aliphatic rings. The van der Waals surface area contributed by atoms with Gasteiger partial charge in [0.25, 0.3) is 5.91 Å². The number of carbonyl (C=O) groups is 1. The monoisotopic (exact) mass is 284 g/mol. The minimum atomic E-state index is -0.112. The van der Waals surface area contributed by atoms with Crippen LogP contribution in [-0.2, 0) is 4.79 Å². The molecule has 0 fully saturated rings. The third-order valence-corrected chi connectivity index (χ3v) is 4.06. The van der Waals surface area contributed by atoms with E-state index < -0.39 is 0 Å². The molecule has 1 aliphatic heterocycles. The van der Waals surface area contributed by atoms with Crippen LogP contribution >= 0.6 is 23.4 Å². The average molecular weight is 285 g/mol. The lowest BCUT2D eigenvalue weighted by molar-refractivity contribution is -0.117. The van der Waals surface area contributed by atoms with Crippen molar-refractivity contribution in [2.75, 3.05) is 0 Å². The van der Waals surface area contributed by atoms with Crippen molar-refractivity contribution >= 4 is 34.4 Å². The van der Waals surface area contributed by atoms with E-state index in [9.17, 15) is 4.79 Å². The van der Waals surface area contributed by atoms with Crippen LogP contribution in [0.2, 0.25) is 0 Å². The van der Waals surface area contributed by atoms with E-state index in [1.807, 2.05) is 26.8 Å². The van der Waals surface area contributed by atoms with Gasteiger partial charge in [-0.2, -0.15) is 4.99 Å². The molecule has 1 unspecified atom stereocenters. The van der Waals surface area contributed by atoms with E-state index in [-0.39, 0.29) is 17.1 Å². The van der Waals surface area contributed by atoms with Gasteiger partial charge in [-0.25, -0.2) is 0 Å². The number of allylic oxidation sites excluding steroid dienone is 4. The van der Waals surface area contributed by atoms with Gasteiger partial charge in [0, 0.05) is 0 Å². The number of amides is 1. The van der Waals surface area contributed by atoms with Gasteiger partial charge in [-0.15, -0.1) is 0 Å². The van der Waals surface area contributed by atoms with Crippen molar-refractivity contribution in [2.45, 2.75) is 26.0 Å². The molecule has 1 amide bonds. The van der Waals surface area contributed by atoms with Crippen molar-refractivity contribution in [3.63, 3.8) is 0 Å². The first-order valence-electron chi connectivity index (χ1n) is 5.70. The highest BCUT2D eigenvalue weighted by Gasteiger charge is 2.31. The molecule has 0 aromatic carbocycles. The number of amidine groups is 1. The van der Waals surface area contributed by atoms with E-state index in [0.29, 0.717) is 15.9 Å². The van der Waals surface area contributed by atoms with Gasteiger partial charge in [0.15, 0.2) is 5.17 Å². The largest absolute Gasteiger partial charge is 0.333 e. The molecule has 0 saturated carbocycles. The lowest BCUT2D eigenvalue weighted by atomic mass is 10.1. The van der Waals surface area contributed by atoms with Gasteiger partial charge in [0.2, 0.25) is 0 Å². The molecule has 0 aromatic rings. The Labute approximate surface area is 117 Å². The summed E-state index contributed by atoms with van der Waals surface area (Å²) in [6.45, 7) is 9.58. The summed E-state index contributed by atoms with van der Waals surface area (Å²) in [5.74, 6) is 0.163. The van der Waals surface area contributed by atoms with E-state index in [1.54, 1.807) is 12.2 Å². The zero-order valence-corrected chi connectivity index (χ0v) is 12.3. The SMILES string of the molecule is C=C/C(NC1=NC(=O)C(C(C)C)S1)=C(Cl)\C=C/C. The molecule has 1 rings (SSSR count). The number of thioether (sulfide) groups is 1. The van der Waals surface area contributed by atoms with Crippen LogP contribution in [0.5, 0.6) is 0 Å². The Balaban J connectivity index is 2.81. The lowest BCUT2D eigenvalue weighted by Crippen LogP contribution is -2.20. The maximum Gasteiger partial charge on any atom is 0.261 e. The topological polar surface area (TPSA) is 41.5 Å². The van der Waals surface area contributed by atoms with Gasteiger partial charge in [-0.05, 0) is 25.0 Å². The van der Waals surface area contributed by atoms with Crippen LogP contribution in [0.3, 0.4) is 0 Å². The molecule has 18 heavy (non-hydrogen) atoms. The Kier molecular flexibility index (Phi) is 5.69. The predicted molar refractivity (Wildman–Crippen MR) is 79.7 cm³/mol. The van der Waals surface area contributed by atoms with Crippen molar-refractivity contribution in [3.05, 3.63) is 35.5 Å². The van der Waals surface area contributed by atoms with Crippen LogP contribution in [0.1, 0.15) is 20.8 Å². The Hall–Kier alpha value is -1.00. The molecule has 0 aliphatic carbocycles. The maximum atomic E-state index is 11.7. The van der Waals surface area contributed by atoms with E-state index >= 15 is 0 Å². The molecular weight excluding hydrogens is 268 g/mol. The third kappa shape index (κ3) is 3.75. The minimum absolute atomic E-state index is 0.0944. The van der Waals surface area contributed by atoms with Crippen LogP contribution in [0.4, 0.5) is 0 Å². The van der Waals surface area contributed by atoms with Gasteiger partial charge >= 0.3 is 0 Å². The molecule has 0 saturated heterocycles. The number of carbonyl (C=O) groups excluding carboxylic acids is 1. The highest BCUT2D eigenvalue weighted by Crippen LogP contribution is 2.28. The van der Waals surface area contributed by atoms with Gasteiger partial charge in [-0.1, -0.05) is 49.9 Å². The maximum absolute atomic E-state index is 11.7. The number of hydrogen-bond donors (Lipinski definition) is 1. The van der Waals surface area contributed by atoms with Crippen LogP contribution in [0.25, 0.3) is 0 Å². The predicted octanol–water partition coefficient (Wildman–Crippen LogP) is 3.44. The summed E-state index contributed by atoms with van der Waals surface area (Å²) >= 11 is 7.50. The molecule has 0 bridgehead atoms. The summed E-state index contributed by atoms with van der Waals surface area (Å²) in [6.07, 6.45) is 5.20. The molecule has 98 valence electrons. The first-order valence-corrected chi connectivity index (χ1v) is 6.96. The summed E-state index contributed by atoms with van der Waals surface area (Å²) in [4.78, 5) is 15.6. The standard InChI is InChI=1S/C13H17ClN2OS/c1-5-7-9(14)10(6-2)15-13-16-12(17)11(18-13)8(3)4/h5-8,11H,2H2,1,3-4H3,(H,15,16,17)/b7-5-,10-9-. The number of halogens is 1. The summed E-state index contributed by atoms with van der Waals surface area (Å²) in [6, 6.07) is 0. The van der Waals surface area contributed by atoms with Crippen LogP contribution in [-0.4, -0.2) is 16.3 Å². The quantitative estimate of drug-likeness (QED) is 0.804. The molecule has 1 atom stereocenters. The van der Waals surface area contributed by atoms with Gasteiger partial charge in [0.1, 0.15) is 0 Å². The van der Waals surface area contributed by atoms with Crippen molar-refractivity contribution in [3.8, 4) is 0 Å². The van der Waals surface area contributed by atoms with Crippen molar-refractivity contribution in [1.82, 2.24) is 5.32 Å². The van der Waals surface area contributed by atoms with Crippen LogP contribution in [0.15, 0.2) is 40.5 Å². The molecule has 0 radical (unpaired) electrons. The summed E-state index contributed by atoms with van der Waals surface area (Å²) < 4.78 is 0. The van der Waals surface area contributed by atoms with Gasteiger partial charge in [-0.3, -0.25) is 4.79 Å². The Bertz CT molecular complexity index is 438. The zero-order chi connectivity index (χ0) is 13.7. The summed E-state index contributed by atoms with van der Waals surface area (Å²) in [7, 11) is 0. The summed E-state index contributed by atoms with van der Waals surface area (Å²) in [5.41, 5.74) is 0.651. The average Bonchev–Trinajstić information content (AvgIpc) is 2.67. The van der Waals surface area contributed by atoms with Crippen molar-refractivity contribution in [1.29, 1.82) is 0 Å². The fraction of sp³-hybridized carbons (Fsp3) is 0.385. The number of hydrogen-bond acceptors (Lipinski definition) is 3. The first-order chi connectivity index (χ1) is 8.49. The molecular formula is C13H17ClN2OS. The fourth-order valence-corrected chi connectivity index (χ4v) is 2.63. The Morgan fingerprint density at radius 3 is 2.72 bits per heavy atom. The van der Waals surface area contributed by atoms with Gasteiger partial charge < -0.3 is 5.32 Å². The third-order valence-electron chi connectivity index (χ3n) is 2.32. The number of nitrogens with one attached hydrogen (secondary N) is 1. The number of nitrogens with zero attached hydrogens (tertiary/aromatic N) is 1. The number of rotatable bonds is 4. The summed E-state index contributed by atoms with van der Waals surface area (Å²) in [5, 5.41) is 4.04. The zero-order valence-electron chi connectivity index (χ0n) is 10.7. The first kappa shape index (κ1) is 15.1. The van der Waals surface area contributed by atoms with Crippen molar-refractivity contribution in [2.24, 2.45) is 10.9 Å². The number of aliphatic imine (C=N–C) groups is 1. The van der Waals surface area contributed by atoms with E-state index in [4.69, 9.17) is 11.6 Å². The molecule has 1 heterocycles. The van der Waals surface area contributed by atoms with Crippen molar-refractivity contribution < 1.29 is 4.79 Å². The second-order valence-corrected chi connectivity index (χ2v) is 5.67. The smallest absolute Gasteiger partial charge is 0.261 e. The van der Waals surface area contributed by atoms with E-state index in [0.717, 1.165) is 0 Å². The molecule has 0 aromatic heterocycles. The molecule has 5 heteroatoms. The van der Waals surface area contributed by atoms with Crippen LogP contribution in [0, 0.1) is 5.92 Å². The minimum Gasteiger partial charge on any atom is -0.333 e. The highest BCUT2D eigenvalue weighted by molar-refractivity contribution is 8.15.